The van der Waals surface area contributed by atoms with Gasteiger partial charge in [0, 0.05) is 12.8 Å². The highest BCUT2D eigenvalue weighted by Gasteiger charge is 2.27. The van der Waals surface area contributed by atoms with Crippen LogP contribution in [0.25, 0.3) is 0 Å². The lowest BCUT2D eigenvalue weighted by atomic mass is 10.0. The SMILES string of the molecule is CCc1c(C#N)cnn1C(C)CC(CC)N=C(C(C)C)N(N)CC(C)(F)F. The number of hydrogen-bond donors (Lipinski definition) is 1. The van der Waals surface area contributed by atoms with E-state index in [1.165, 1.54) is 0 Å². The molecule has 6 nitrogen and oxygen atoms in total. The van der Waals surface area contributed by atoms with Crippen LogP contribution < -0.4 is 5.84 Å². The zero-order valence-electron chi connectivity index (χ0n) is 17.2. The van der Waals surface area contributed by atoms with Crippen LogP contribution in [-0.4, -0.2) is 39.1 Å². The molecule has 0 aliphatic carbocycles. The van der Waals surface area contributed by atoms with Gasteiger partial charge in [-0.15, -0.1) is 0 Å². The summed E-state index contributed by atoms with van der Waals surface area (Å²) in [5, 5.41) is 14.6. The Hall–Kier alpha value is -2.01. The monoisotopic (exact) mass is 382 g/mol. The number of nitrogens with zero attached hydrogens (tertiary/aromatic N) is 5. The largest absolute Gasteiger partial charge is 0.292 e. The van der Waals surface area contributed by atoms with Crippen molar-refractivity contribution in [3.05, 3.63) is 17.5 Å². The van der Waals surface area contributed by atoms with Gasteiger partial charge in [-0.2, -0.15) is 10.4 Å². The molecule has 0 aliphatic rings. The van der Waals surface area contributed by atoms with Gasteiger partial charge in [0.05, 0.1) is 36.1 Å². The Balaban J connectivity index is 3.03. The molecule has 8 heteroatoms. The molecular formula is C19H32F2N6. The molecule has 0 bridgehead atoms. The predicted octanol–water partition coefficient (Wildman–Crippen LogP) is 3.93. The van der Waals surface area contributed by atoms with Crippen LogP contribution in [0, 0.1) is 17.2 Å². The molecule has 0 saturated heterocycles. The van der Waals surface area contributed by atoms with E-state index in [0.29, 0.717) is 24.2 Å². The van der Waals surface area contributed by atoms with Crippen molar-refractivity contribution in [3.63, 3.8) is 0 Å². The molecule has 27 heavy (non-hydrogen) atoms. The molecule has 1 aromatic rings. The smallest absolute Gasteiger partial charge is 0.264 e. The molecule has 0 amide bonds. The van der Waals surface area contributed by atoms with E-state index < -0.39 is 12.5 Å². The number of nitriles is 1. The summed E-state index contributed by atoms with van der Waals surface area (Å²) in [6, 6.07) is 2.12. The third-order valence-corrected chi connectivity index (χ3v) is 4.43. The quantitative estimate of drug-likeness (QED) is 0.303. The number of amidine groups is 1. The Bertz CT molecular complexity index is 669. The molecule has 1 heterocycles. The summed E-state index contributed by atoms with van der Waals surface area (Å²) in [7, 11) is 0. The fraction of sp³-hybridized carbons (Fsp3) is 0.737. The van der Waals surface area contributed by atoms with Crippen molar-refractivity contribution in [2.75, 3.05) is 6.54 Å². The second kappa shape index (κ2) is 9.79. The van der Waals surface area contributed by atoms with Crippen LogP contribution in [0.1, 0.15) is 71.7 Å². The van der Waals surface area contributed by atoms with Gasteiger partial charge in [0.1, 0.15) is 11.9 Å². The summed E-state index contributed by atoms with van der Waals surface area (Å²) in [6.07, 6.45) is 3.74. The number of hydrogen-bond acceptors (Lipinski definition) is 4. The molecule has 0 radical (unpaired) electrons. The van der Waals surface area contributed by atoms with Gasteiger partial charge in [0.15, 0.2) is 0 Å². The first kappa shape index (κ1) is 23.0. The normalized spacial score (nSPS) is 14.9. The first-order valence-electron chi connectivity index (χ1n) is 9.48. The van der Waals surface area contributed by atoms with Crippen LogP contribution in [0.15, 0.2) is 11.2 Å². The molecular weight excluding hydrogens is 350 g/mol. The van der Waals surface area contributed by atoms with Crippen LogP contribution in [0.3, 0.4) is 0 Å². The van der Waals surface area contributed by atoms with E-state index >= 15 is 0 Å². The Morgan fingerprint density at radius 2 is 2.04 bits per heavy atom. The fourth-order valence-corrected chi connectivity index (χ4v) is 3.14. The minimum atomic E-state index is -2.89. The highest BCUT2D eigenvalue weighted by Crippen LogP contribution is 2.22. The molecule has 0 aromatic carbocycles. The Morgan fingerprint density at radius 3 is 2.48 bits per heavy atom. The van der Waals surface area contributed by atoms with Crippen molar-refractivity contribution in [1.29, 1.82) is 5.26 Å². The number of nitrogens with two attached hydrogens (primary N) is 1. The molecule has 152 valence electrons. The van der Waals surface area contributed by atoms with Crippen LogP contribution in [-0.2, 0) is 6.42 Å². The van der Waals surface area contributed by atoms with E-state index in [0.717, 1.165) is 24.0 Å². The number of aliphatic imine (C=N–C) groups is 1. The van der Waals surface area contributed by atoms with E-state index in [4.69, 9.17) is 10.8 Å². The Labute approximate surface area is 161 Å². The van der Waals surface area contributed by atoms with Gasteiger partial charge in [-0.1, -0.05) is 27.7 Å². The standard InChI is InChI=1S/C19H32F2N6/c1-7-16(25-18(13(3)4)26(23)12-19(6,20)21)9-14(5)27-17(8-2)15(10-22)11-24-27/h11,13-14,16H,7-9,12,23H2,1-6H3. The number of rotatable bonds is 9. The number of aromatic nitrogens is 2. The van der Waals surface area contributed by atoms with Gasteiger partial charge in [0.2, 0.25) is 0 Å². The van der Waals surface area contributed by atoms with E-state index in [1.807, 2.05) is 39.3 Å². The summed E-state index contributed by atoms with van der Waals surface area (Å²) < 4.78 is 28.6. The topological polar surface area (TPSA) is 83.2 Å². The Morgan fingerprint density at radius 1 is 1.41 bits per heavy atom. The van der Waals surface area contributed by atoms with Gasteiger partial charge < -0.3 is 0 Å². The molecule has 1 aromatic heterocycles. The predicted molar refractivity (Wildman–Crippen MR) is 104 cm³/mol. The lowest BCUT2D eigenvalue weighted by molar-refractivity contribution is 0.000512. The van der Waals surface area contributed by atoms with Crippen LogP contribution in [0.5, 0.6) is 0 Å². The maximum atomic E-state index is 13.4. The van der Waals surface area contributed by atoms with E-state index in [2.05, 4.69) is 11.2 Å². The second-order valence-electron chi connectivity index (χ2n) is 7.40. The van der Waals surface area contributed by atoms with Gasteiger partial charge in [0.25, 0.3) is 5.92 Å². The van der Waals surface area contributed by atoms with Crippen molar-refractivity contribution >= 4 is 5.84 Å². The zero-order valence-corrected chi connectivity index (χ0v) is 17.2. The summed E-state index contributed by atoms with van der Waals surface area (Å²) in [6.45, 7) is 10.1. The van der Waals surface area contributed by atoms with Crippen molar-refractivity contribution < 1.29 is 8.78 Å². The van der Waals surface area contributed by atoms with E-state index in [1.54, 1.807) is 6.20 Å². The minimum Gasteiger partial charge on any atom is -0.292 e. The second-order valence-corrected chi connectivity index (χ2v) is 7.40. The number of hydrazine groups is 1. The highest BCUT2D eigenvalue weighted by atomic mass is 19.3. The van der Waals surface area contributed by atoms with Gasteiger partial charge in [-0.25, -0.2) is 14.6 Å². The van der Waals surface area contributed by atoms with Crippen LogP contribution in [0.4, 0.5) is 8.78 Å². The van der Waals surface area contributed by atoms with E-state index in [9.17, 15) is 14.0 Å². The Kier molecular flexibility index (Phi) is 8.35. The maximum absolute atomic E-state index is 13.4. The average Bonchev–Trinajstić information content (AvgIpc) is 2.99. The molecule has 2 atom stereocenters. The van der Waals surface area contributed by atoms with Crippen molar-refractivity contribution in [2.45, 2.75) is 78.8 Å². The first-order valence-corrected chi connectivity index (χ1v) is 9.48. The number of alkyl halides is 2. The van der Waals surface area contributed by atoms with Crippen molar-refractivity contribution in [2.24, 2.45) is 16.8 Å². The van der Waals surface area contributed by atoms with Gasteiger partial charge in [-0.3, -0.25) is 14.7 Å². The van der Waals surface area contributed by atoms with Crippen molar-refractivity contribution in [1.82, 2.24) is 14.8 Å². The van der Waals surface area contributed by atoms with Crippen LogP contribution in [0.2, 0.25) is 0 Å². The summed E-state index contributed by atoms with van der Waals surface area (Å²) in [4.78, 5) is 4.70. The average molecular weight is 383 g/mol. The lowest BCUT2D eigenvalue weighted by Crippen LogP contribution is -2.46. The molecule has 0 spiro atoms. The first-order chi connectivity index (χ1) is 12.5. The third-order valence-electron chi connectivity index (χ3n) is 4.43. The summed E-state index contributed by atoms with van der Waals surface area (Å²) >= 11 is 0. The molecule has 0 saturated carbocycles. The highest BCUT2D eigenvalue weighted by molar-refractivity contribution is 5.83. The number of halogens is 2. The molecule has 1 rings (SSSR count). The minimum absolute atomic E-state index is 0.0306. The summed E-state index contributed by atoms with van der Waals surface area (Å²) in [5.74, 6) is 3.40. The molecule has 0 aliphatic heterocycles. The van der Waals surface area contributed by atoms with Gasteiger partial charge in [-0.05, 0) is 26.2 Å². The van der Waals surface area contributed by atoms with Crippen LogP contribution >= 0.6 is 0 Å². The van der Waals surface area contributed by atoms with Gasteiger partial charge >= 0.3 is 0 Å². The fourth-order valence-electron chi connectivity index (χ4n) is 3.14. The zero-order chi connectivity index (χ0) is 20.8. The maximum Gasteiger partial charge on any atom is 0.264 e. The summed E-state index contributed by atoms with van der Waals surface area (Å²) in [5.41, 5.74) is 1.49. The van der Waals surface area contributed by atoms with E-state index in [-0.39, 0.29) is 18.0 Å². The molecule has 2 unspecified atom stereocenters. The van der Waals surface area contributed by atoms with Crippen molar-refractivity contribution in [3.8, 4) is 6.07 Å². The molecule has 2 N–H and O–H groups in total. The third kappa shape index (κ3) is 6.58. The molecule has 0 fully saturated rings. The lowest BCUT2D eigenvalue weighted by Gasteiger charge is -2.28.